The number of para-hydroxylation sites is 2. The molecule has 0 atom stereocenters. The normalized spacial score (nSPS) is 12.1. The van der Waals surface area contributed by atoms with Crippen LogP contribution in [0, 0.1) is 0 Å². The highest BCUT2D eigenvalue weighted by atomic mass is 16.3. The number of pyridine rings is 2. The molecule has 6 heteroatoms. The summed E-state index contributed by atoms with van der Waals surface area (Å²) in [4.78, 5) is 8.85. The van der Waals surface area contributed by atoms with Gasteiger partial charge in [0, 0.05) is 84.8 Å². The maximum atomic E-state index is 6.23. The molecule has 270 valence electrons. The third-order valence-electron chi connectivity index (χ3n) is 11.9. The predicted molar refractivity (Wildman–Crippen MR) is 236 cm³/mol. The molecule has 0 N–H and O–H groups in total. The van der Waals surface area contributed by atoms with Gasteiger partial charge in [0.1, 0.15) is 22.3 Å². The first-order valence-corrected chi connectivity index (χ1v) is 19.5. The molecule has 0 bridgehead atoms. The van der Waals surface area contributed by atoms with E-state index >= 15 is 0 Å². The number of hydrogen-bond donors (Lipinski definition) is 0. The Balaban J connectivity index is 1.15. The molecule has 58 heavy (non-hydrogen) atoms. The average Bonchev–Trinajstić information content (AvgIpc) is 4.03. The first kappa shape index (κ1) is 31.3. The fourth-order valence-corrected chi connectivity index (χ4v) is 9.48. The average molecular weight is 743 g/mol. The van der Waals surface area contributed by atoms with E-state index < -0.39 is 0 Å². The minimum absolute atomic E-state index is 0.835. The van der Waals surface area contributed by atoms with E-state index in [-0.39, 0.29) is 0 Å². The fourth-order valence-electron chi connectivity index (χ4n) is 9.48. The third kappa shape index (κ3) is 4.31. The largest absolute Gasteiger partial charge is 0.456 e. The van der Waals surface area contributed by atoms with Crippen molar-refractivity contribution in [3.05, 3.63) is 183 Å². The van der Waals surface area contributed by atoms with Gasteiger partial charge >= 0.3 is 0 Å². The molecule has 0 aliphatic rings. The fraction of sp³-hybridized carbons (Fsp3) is 0. The summed E-state index contributed by atoms with van der Waals surface area (Å²) in [6.07, 6.45) is 7.34. The van der Waals surface area contributed by atoms with E-state index in [0.29, 0.717) is 0 Å². The van der Waals surface area contributed by atoms with E-state index in [4.69, 9.17) is 8.83 Å². The zero-order valence-corrected chi connectivity index (χ0v) is 30.9. The van der Waals surface area contributed by atoms with Crippen LogP contribution in [0.15, 0.2) is 191 Å². The second-order valence-electron chi connectivity index (χ2n) is 15.0. The summed E-state index contributed by atoms with van der Waals surface area (Å²) in [7, 11) is 0. The Morgan fingerprint density at radius 2 is 0.897 bits per heavy atom. The van der Waals surface area contributed by atoms with Crippen molar-refractivity contribution >= 4 is 87.5 Å². The summed E-state index contributed by atoms with van der Waals surface area (Å²) < 4.78 is 17.2. The van der Waals surface area contributed by atoms with Gasteiger partial charge in [0.25, 0.3) is 0 Å². The molecule has 0 aliphatic carbocycles. The van der Waals surface area contributed by atoms with Gasteiger partial charge in [-0.15, -0.1) is 0 Å². The Morgan fingerprint density at radius 3 is 1.53 bits per heavy atom. The molecule has 6 nitrogen and oxygen atoms in total. The molecule has 13 rings (SSSR count). The van der Waals surface area contributed by atoms with E-state index in [1.807, 2.05) is 24.5 Å². The van der Waals surface area contributed by atoms with E-state index in [1.165, 1.54) is 43.8 Å². The van der Waals surface area contributed by atoms with Gasteiger partial charge in [-0.2, -0.15) is 0 Å². The molecule has 0 fully saturated rings. The summed E-state index contributed by atoms with van der Waals surface area (Å²) in [6.45, 7) is 0. The molecule has 6 heterocycles. The Morgan fingerprint density at radius 1 is 0.362 bits per heavy atom. The SMILES string of the molecule is c1ccc(-c2ccc3c(c2-c2cccc4c2c2ccccc2n4-c2ccc4oc5ccncc5c4c2)c2ccccc2n3-c2ccc3oc4ccncc4c3c2)cc1. The number of benzene rings is 7. The summed E-state index contributed by atoms with van der Waals surface area (Å²) in [5.74, 6) is 0. The highest BCUT2D eigenvalue weighted by Crippen LogP contribution is 2.48. The number of furan rings is 2. The van der Waals surface area contributed by atoms with Gasteiger partial charge in [-0.1, -0.05) is 84.9 Å². The molecule has 0 saturated carbocycles. The Hall–Kier alpha value is -7.96. The van der Waals surface area contributed by atoms with Crippen LogP contribution in [0.4, 0.5) is 0 Å². The highest BCUT2D eigenvalue weighted by molar-refractivity contribution is 6.25. The van der Waals surface area contributed by atoms with Gasteiger partial charge in [-0.05, 0) is 89.5 Å². The van der Waals surface area contributed by atoms with Crippen LogP contribution in [0.2, 0.25) is 0 Å². The van der Waals surface area contributed by atoms with Crippen LogP contribution in [0.1, 0.15) is 0 Å². The molecule has 0 amide bonds. The van der Waals surface area contributed by atoms with Crippen molar-refractivity contribution in [2.75, 3.05) is 0 Å². The Kier molecular flexibility index (Phi) is 6.35. The lowest BCUT2D eigenvalue weighted by Gasteiger charge is -2.16. The second kappa shape index (κ2) is 11.8. The minimum atomic E-state index is 0.835. The molecule has 0 saturated heterocycles. The molecule has 0 aliphatic heterocycles. The van der Waals surface area contributed by atoms with E-state index in [2.05, 4.69) is 165 Å². The van der Waals surface area contributed by atoms with Crippen molar-refractivity contribution in [1.82, 2.24) is 19.1 Å². The number of nitrogens with zero attached hydrogens (tertiary/aromatic N) is 4. The van der Waals surface area contributed by atoms with Gasteiger partial charge in [0.15, 0.2) is 0 Å². The molecule has 13 aromatic rings. The van der Waals surface area contributed by atoms with Crippen LogP contribution in [0.3, 0.4) is 0 Å². The lowest BCUT2D eigenvalue weighted by Crippen LogP contribution is -1.95. The zero-order chi connectivity index (χ0) is 37.9. The van der Waals surface area contributed by atoms with Crippen LogP contribution in [-0.2, 0) is 0 Å². The number of hydrogen-bond acceptors (Lipinski definition) is 4. The van der Waals surface area contributed by atoms with Gasteiger partial charge in [0.05, 0.1) is 22.1 Å². The monoisotopic (exact) mass is 742 g/mol. The maximum absolute atomic E-state index is 6.23. The van der Waals surface area contributed by atoms with Crippen molar-refractivity contribution < 1.29 is 8.83 Å². The Bertz CT molecular complexity index is 3810. The number of aromatic nitrogens is 4. The van der Waals surface area contributed by atoms with Crippen LogP contribution in [0.25, 0.3) is 121 Å². The quantitative estimate of drug-likeness (QED) is 0.180. The first-order valence-electron chi connectivity index (χ1n) is 19.5. The number of fused-ring (bicyclic) bond motifs is 12. The predicted octanol–water partition coefficient (Wildman–Crippen LogP) is 13.8. The molecule has 0 radical (unpaired) electrons. The highest BCUT2D eigenvalue weighted by Gasteiger charge is 2.24. The van der Waals surface area contributed by atoms with Gasteiger partial charge in [-0.3, -0.25) is 9.97 Å². The van der Waals surface area contributed by atoms with Crippen LogP contribution in [0.5, 0.6) is 0 Å². The zero-order valence-electron chi connectivity index (χ0n) is 30.9. The van der Waals surface area contributed by atoms with Gasteiger partial charge in [0.2, 0.25) is 0 Å². The van der Waals surface area contributed by atoms with Gasteiger partial charge in [-0.25, -0.2) is 0 Å². The van der Waals surface area contributed by atoms with E-state index in [1.54, 1.807) is 12.4 Å². The van der Waals surface area contributed by atoms with Crippen molar-refractivity contribution in [3.8, 4) is 33.6 Å². The van der Waals surface area contributed by atoms with Gasteiger partial charge < -0.3 is 18.0 Å². The molecular weight excluding hydrogens is 713 g/mol. The second-order valence-corrected chi connectivity index (χ2v) is 15.0. The van der Waals surface area contributed by atoms with Crippen LogP contribution in [-0.4, -0.2) is 19.1 Å². The van der Waals surface area contributed by atoms with Crippen molar-refractivity contribution in [3.63, 3.8) is 0 Å². The summed E-state index contributed by atoms with van der Waals surface area (Å²) in [5, 5.41) is 8.90. The van der Waals surface area contributed by atoms with E-state index in [0.717, 1.165) is 77.3 Å². The lowest BCUT2D eigenvalue weighted by atomic mass is 9.88. The third-order valence-corrected chi connectivity index (χ3v) is 11.9. The minimum Gasteiger partial charge on any atom is -0.456 e. The maximum Gasteiger partial charge on any atom is 0.138 e. The summed E-state index contributed by atoms with van der Waals surface area (Å²) in [6, 6.07) is 56.6. The number of rotatable bonds is 4. The lowest BCUT2D eigenvalue weighted by molar-refractivity contribution is 0.668. The summed E-state index contributed by atoms with van der Waals surface area (Å²) in [5.41, 5.74) is 14.8. The van der Waals surface area contributed by atoms with Crippen molar-refractivity contribution in [2.24, 2.45) is 0 Å². The molecule has 7 aromatic carbocycles. The molecule has 0 unspecified atom stereocenters. The standard InChI is InChI=1S/C52H30N4O2/c1-2-9-31(10-3-1)34-19-20-45-52(36-12-5-7-15-43(36)56(45)33-18-22-47-39(28-33)41-30-54-26-24-49(41)58-47)51(34)37-13-8-16-44-50(37)35-11-4-6-14-42(35)55(44)32-17-21-46-38(27-32)40-29-53-25-23-48(40)57-46/h1-30H. The van der Waals surface area contributed by atoms with Crippen LogP contribution >= 0.6 is 0 Å². The first-order chi connectivity index (χ1) is 28.8. The van der Waals surface area contributed by atoms with E-state index in [9.17, 15) is 0 Å². The van der Waals surface area contributed by atoms with Crippen molar-refractivity contribution in [1.29, 1.82) is 0 Å². The summed E-state index contributed by atoms with van der Waals surface area (Å²) >= 11 is 0. The Labute approximate surface area is 330 Å². The molecule has 6 aromatic heterocycles. The smallest absolute Gasteiger partial charge is 0.138 e. The molecule has 0 spiro atoms. The van der Waals surface area contributed by atoms with Crippen molar-refractivity contribution in [2.45, 2.75) is 0 Å². The van der Waals surface area contributed by atoms with Crippen LogP contribution < -0.4 is 0 Å². The topological polar surface area (TPSA) is 61.9 Å². The molecular formula is C52H30N4O2.